The number of hydrogen-bond acceptors (Lipinski definition) is 1. The molecule has 0 spiro atoms. The molecule has 0 saturated heterocycles. The van der Waals surface area contributed by atoms with Crippen LogP contribution in [0, 0.1) is 6.92 Å². The largest absolute Gasteiger partial charge is 0.384 e. The summed E-state index contributed by atoms with van der Waals surface area (Å²) in [5.74, 6) is 0.631. The normalized spacial score (nSPS) is 9.92. The average molecular weight is 249 g/mol. The van der Waals surface area contributed by atoms with Crippen molar-refractivity contribution >= 4 is 33.2 Å². The molecule has 1 nitrogen and oxygen atoms in total. The van der Waals surface area contributed by atoms with Crippen LogP contribution in [0.5, 0.6) is 0 Å². The van der Waals surface area contributed by atoms with Crippen LogP contribution in [0.1, 0.15) is 5.56 Å². The highest BCUT2D eigenvalue weighted by molar-refractivity contribution is 9.10. The van der Waals surface area contributed by atoms with Gasteiger partial charge in [0.1, 0.15) is 0 Å². The van der Waals surface area contributed by atoms with Crippen LogP contribution in [0.25, 0.3) is 0 Å². The molecule has 0 amide bonds. The van der Waals surface area contributed by atoms with E-state index in [0.717, 1.165) is 16.7 Å². The molecule has 12 heavy (non-hydrogen) atoms. The fraction of sp³-hybridized carbons (Fsp3) is 0.333. The smallest absolute Gasteiger partial charge is 0.0396 e. The van der Waals surface area contributed by atoms with E-state index in [1.807, 2.05) is 6.07 Å². The summed E-state index contributed by atoms with van der Waals surface area (Å²) < 4.78 is 1.09. The summed E-state index contributed by atoms with van der Waals surface area (Å²) in [6.07, 6.45) is 0. The lowest BCUT2D eigenvalue weighted by molar-refractivity contribution is 1.20. The van der Waals surface area contributed by atoms with Crippen LogP contribution < -0.4 is 5.32 Å². The molecule has 0 heterocycles. The summed E-state index contributed by atoms with van der Waals surface area (Å²) in [5, 5.41) is 3.24. The second-order valence-electron chi connectivity index (χ2n) is 2.58. The molecule has 0 fully saturated rings. The van der Waals surface area contributed by atoms with Crippen molar-refractivity contribution in [2.45, 2.75) is 6.92 Å². The topological polar surface area (TPSA) is 12.0 Å². The molecule has 0 saturated carbocycles. The van der Waals surface area contributed by atoms with Gasteiger partial charge in [-0.15, -0.1) is 11.6 Å². The highest BCUT2D eigenvalue weighted by Crippen LogP contribution is 2.20. The van der Waals surface area contributed by atoms with E-state index < -0.39 is 0 Å². The van der Waals surface area contributed by atoms with Crippen LogP contribution in [0.3, 0.4) is 0 Å². The lowest BCUT2D eigenvalue weighted by Crippen LogP contribution is -2.03. The van der Waals surface area contributed by atoms with Gasteiger partial charge in [-0.2, -0.15) is 0 Å². The number of halogens is 2. The van der Waals surface area contributed by atoms with Crippen LogP contribution in [0.15, 0.2) is 22.7 Å². The first kappa shape index (κ1) is 9.87. The number of nitrogens with one attached hydrogen (secondary N) is 1. The Labute approximate surface area is 86.2 Å². The zero-order chi connectivity index (χ0) is 8.97. The van der Waals surface area contributed by atoms with E-state index in [9.17, 15) is 0 Å². The predicted molar refractivity (Wildman–Crippen MR) is 58.1 cm³/mol. The van der Waals surface area contributed by atoms with Gasteiger partial charge in [-0.05, 0) is 24.6 Å². The van der Waals surface area contributed by atoms with Crippen molar-refractivity contribution in [1.29, 1.82) is 0 Å². The molecule has 1 rings (SSSR count). The third-order valence-corrected chi connectivity index (χ3v) is 2.29. The standard InChI is InChI=1S/C9H11BrClN/c1-7-2-3-8(10)6-9(7)12-5-4-11/h2-3,6,12H,4-5H2,1H3. The van der Waals surface area contributed by atoms with E-state index in [1.165, 1.54) is 5.56 Å². The number of rotatable bonds is 3. The maximum Gasteiger partial charge on any atom is 0.0396 e. The highest BCUT2D eigenvalue weighted by Gasteiger charge is 1.96. The van der Waals surface area contributed by atoms with Gasteiger partial charge < -0.3 is 5.32 Å². The van der Waals surface area contributed by atoms with E-state index in [-0.39, 0.29) is 0 Å². The van der Waals surface area contributed by atoms with Gasteiger partial charge in [0, 0.05) is 22.6 Å². The van der Waals surface area contributed by atoms with Crippen LogP contribution in [-0.2, 0) is 0 Å². The molecule has 0 unspecified atom stereocenters. The summed E-state index contributed by atoms with van der Waals surface area (Å²) >= 11 is 8.98. The predicted octanol–water partition coefficient (Wildman–Crippen LogP) is 3.41. The molecular formula is C9H11BrClN. The zero-order valence-corrected chi connectivity index (χ0v) is 9.24. The SMILES string of the molecule is Cc1ccc(Br)cc1NCCCl. The lowest BCUT2D eigenvalue weighted by atomic mass is 10.2. The Morgan fingerprint density at radius 2 is 2.25 bits per heavy atom. The molecule has 1 N–H and O–H groups in total. The zero-order valence-electron chi connectivity index (χ0n) is 6.90. The van der Waals surface area contributed by atoms with Gasteiger partial charge in [0.25, 0.3) is 0 Å². The fourth-order valence-electron chi connectivity index (χ4n) is 0.967. The van der Waals surface area contributed by atoms with Crippen LogP contribution >= 0.6 is 27.5 Å². The summed E-state index contributed by atoms with van der Waals surface area (Å²) in [6, 6.07) is 6.16. The Bertz CT molecular complexity index is 263. The van der Waals surface area contributed by atoms with E-state index in [2.05, 4.69) is 40.3 Å². The number of alkyl halides is 1. The number of hydrogen-bond donors (Lipinski definition) is 1. The first-order chi connectivity index (χ1) is 5.74. The highest BCUT2D eigenvalue weighted by atomic mass is 79.9. The molecule has 1 aromatic rings. The third-order valence-electron chi connectivity index (χ3n) is 1.61. The summed E-state index contributed by atoms with van der Waals surface area (Å²) in [5.41, 5.74) is 2.38. The minimum Gasteiger partial charge on any atom is -0.384 e. The quantitative estimate of drug-likeness (QED) is 0.809. The first-order valence-corrected chi connectivity index (χ1v) is 5.13. The maximum atomic E-state index is 5.57. The Balaban J connectivity index is 2.75. The molecule has 0 bridgehead atoms. The number of aryl methyl sites for hydroxylation is 1. The van der Waals surface area contributed by atoms with Gasteiger partial charge in [0.2, 0.25) is 0 Å². The van der Waals surface area contributed by atoms with Crippen molar-refractivity contribution < 1.29 is 0 Å². The van der Waals surface area contributed by atoms with Crippen LogP contribution in [-0.4, -0.2) is 12.4 Å². The molecule has 1 aromatic carbocycles. The lowest BCUT2D eigenvalue weighted by Gasteiger charge is -2.07. The molecule has 0 aliphatic rings. The molecule has 0 aliphatic carbocycles. The van der Waals surface area contributed by atoms with Crippen molar-refractivity contribution in [2.75, 3.05) is 17.7 Å². The second-order valence-corrected chi connectivity index (χ2v) is 3.87. The van der Waals surface area contributed by atoms with Gasteiger partial charge in [0.15, 0.2) is 0 Å². The Morgan fingerprint density at radius 1 is 1.50 bits per heavy atom. The van der Waals surface area contributed by atoms with Crippen molar-refractivity contribution in [3.05, 3.63) is 28.2 Å². The summed E-state index contributed by atoms with van der Waals surface area (Å²) in [7, 11) is 0. The van der Waals surface area contributed by atoms with E-state index >= 15 is 0 Å². The van der Waals surface area contributed by atoms with Crippen molar-refractivity contribution in [3.8, 4) is 0 Å². The van der Waals surface area contributed by atoms with Gasteiger partial charge in [-0.1, -0.05) is 22.0 Å². The molecule has 0 radical (unpaired) electrons. The minimum atomic E-state index is 0.631. The van der Waals surface area contributed by atoms with E-state index in [4.69, 9.17) is 11.6 Å². The fourth-order valence-corrected chi connectivity index (χ4v) is 1.42. The van der Waals surface area contributed by atoms with Gasteiger partial charge in [0.05, 0.1) is 0 Å². The molecular weight excluding hydrogens is 237 g/mol. The molecule has 0 atom stereocenters. The first-order valence-electron chi connectivity index (χ1n) is 3.80. The second kappa shape index (κ2) is 4.73. The van der Waals surface area contributed by atoms with Crippen LogP contribution in [0.4, 0.5) is 5.69 Å². The van der Waals surface area contributed by atoms with Crippen molar-refractivity contribution in [2.24, 2.45) is 0 Å². The van der Waals surface area contributed by atoms with E-state index in [0.29, 0.717) is 5.88 Å². The van der Waals surface area contributed by atoms with Crippen molar-refractivity contribution in [1.82, 2.24) is 0 Å². The Kier molecular flexibility index (Phi) is 3.89. The third kappa shape index (κ3) is 2.68. The van der Waals surface area contributed by atoms with Gasteiger partial charge >= 0.3 is 0 Å². The summed E-state index contributed by atoms with van der Waals surface area (Å²) in [6.45, 7) is 2.88. The number of anilines is 1. The Morgan fingerprint density at radius 3 is 2.92 bits per heavy atom. The molecule has 3 heteroatoms. The number of benzene rings is 1. The average Bonchev–Trinajstić information content (AvgIpc) is 2.07. The molecule has 0 aromatic heterocycles. The van der Waals surface area contributed by atoms with E-state index in [1.54, 1.807) is 0 Å². The van der Waals surface area contributed by atoms with Gasteiger partial charge in [-0.3, -0.25) is 0 Å². The molecule has 0 aliphatic heterocycles. The molecule has 66 valence electrons. The Hall–Kier alpha value is -0.210. The maximum absolute atomic E-state index is 5.57. The van der Waals surface area contributed by atoms with Gasteiger partial charge in [-0.25, -0.2) is 0 Å². The van der Waals surface area contributed by atoms with Crippen molar-refractivity contribution in [3.63, 3.8) is 0 Å². The monoisotopic (exact) mass is 247 g/mol. The minimum absolute atomic E-state index is 0.631. The summed E-state index contributed by atoms with van der Waals surface area (Å²) in [4.78, 5) is 0. The van der Waals surface area contributed by atoms with Crippen LogP contribution in [0.2, 0.25) is 0 Å².